The summed E-state index contributed by atoms with van der Waals surface area (Å²) in [5, 5.41) is 8.01. The number of carbonyl (C=O) groups is 1. The number of nitrogens with zero attached hydrogens (tertiary/aromatic N) is 2. The second-order valence-corrected chi connectivity index (χ2v) is 4.05. The first-order valence-corrected chi connectivity index (χ1v) is 5.51. The Hall–Kier alpha value is -2.10. The van der Waals surface area contributed by atoms with Crippen molar-refractivity contribution in [2.75, 3.05) is 0 Å². The fourth-order valence-electron chi connectivity index (χ4n) is 1.78. The molecule has 1 heterocycles. The molecule has 4 heteroatoms. The van der Waals surface area contributed by atoms with Gasteiger partial charge < -0.3 is 5.32 Å². The molecule has 2 aromatic rings. The Morgan fingerprint density at radius 1 is 1.59 bits per heavy atom. The van der Waals surface area contributed by atoms with E-state index in [1.165, 1.54) is 5.56 Å². The Kier molecular flexibility index (Phi) is 3.23. The SMILES string of the molecule is C=C(CCn1ncc2cc(C)ccc21)NC=O. The van der Waals surface area contributed by atoms with Gasteiger partial charge in [-0.1, -0.05) is 18.2 Å². The molecular weight excluding hydrogens is 214 g/mol. The minimum atomic E-state index is 0.646. The number of nitrogens with one attached hydrogen (secondary N) is 1. The zero-order valence-electron chi connectivity index (χ0n) is 9.81. The fraction of sp³-hybridized carbons (Fsp3) is 0.231. The molecule has 4 nitrogen and oxygen atoms in total. The van der Waals surface area contributed by atoms with E-state index in [2.05, 4.69) is 42.1 Å². The van der Waals surface area contributed by atoms with Crippen molar-refractivity contribution in [2.24, 2.45) is 0 Å². The third-order valence-electron chi connectivity index (χ3n) is 2.69. The summed E-state index contributed by atoms with van der Waals surface area (Å²) in [5.74, 6) is 0. The molecule has 0 aliphatic heterocycles. The number of aromatic nitrogens is 2. The van der Waals surface area contributed by atoms with Crippen molar-refractivity contribution in [1.82, 2.24) is 15.1 Å². The third kappa shape index (κ3) is 2.53. The number of aryl methyl sites for hydroxylation is 2. The van der Waals surface area contributed by atoms with E-state index in [0.29, 0.717) is 25.1 Å². The van der Waals surface area contributed by atoms with Gasteiger partial charge in [0.15, 0.2) is 0 Å². The minimum Gasteiger partial charge on any atom is -0.333 e. The predicted octanol–water partition coefficient (Wildman–Crippen LogP) is 1.99. The fourth-order valence-corrected chi connectivity index (χ4v) is 1.78. The maximum absolute atomic E-state index is 10.2. The van der Waals surface area contributed by atoms with Crippen molar-refractivity contribution in [3.8, 4) is 0 Å². The first-order valence-electron chi connectivity index (χ1n) is 5.51. The van der Waals surface area contributed by atoms with Crippen LogP contribution >= 0.6 is 0 Å². The number of hydrogen-bond donors (Lipinski definition) is 1. The zero-order chi connectivity index (χ0) is 12.3. The molecule has 88 valence electrons. The van der Waals surface area contributed by atoms with Gasteiger partial charge in [-0.25, -0.2) is 0 Å². The monoisotopic (exact) mass is 229 g/mol. The van der Waals surface area contributed by atoms with E-state index in [9.17, 15) is 4.79 Å². The van der Waals surface area contributed by atoms with Crippen LogP contribution in [0.5, 0.6) is 0 Å². The van der Waals surface area contributed by atoms with E-state index in [4.69, 9.17) is 0 Å². The number of carbonyl (C=O) groups excluding carboxylic acids is 1. The van der Waals surface area contributed by atoms with Gasteiger partial charge in [0.05, 0.1) is 11.7 Å². The number of allylic oxidation sites excluding steroid dienone is 1. The van der Waals surface area contributed by atoms with Gasteiger partial charge in [0.1, 0.15) is 0 Å². The van der Waals surface area contributed by atoms with E-state index in [0.717, 1.165) is 10.9 Å². The summed E-state index contributed by atoms with van der Waals surface area (Å²) in [6.07, 6.45) is 3.19. The molecule has 1 N–H and O–H groups in total. The molecule has 1 aromatic carbocycles. The molecule has 0 saturated heterocycles. The van der Waals surface area contributed by atoms with Crippen LogP contribution in [0, 0.1) is 6.92 Å². The van der Waals surface area contributed by atoms with Gasteiger partial charge in [-0.15, -0.1) is 0 Å². The molecule has 17 heavy (non-hydrogen) atoms. The summed E-state index contributed by atoms with van der Waals surface area (Å²) in [6, 6.07) is 6.24. The van der Waals surface area contributed by atoms with Gasteiger partial charge in [-0.2, -0.15) is 5.10 Å². The maximum Gasteiger partial charge on any atom is 0.211 e. The highest BCUT2D eigenvalue weighted by Crippen LogP contribution is 2.15. The van der Waals surface area contributed by atoms with Crippen LogP contribution in [0.3, 0.4) is 0 Å². The second-order valence-electron chi connectivity index (χ2n) is 4.05. The number of benzene rings is 1. The van der Waals surface area contributed by atoms with Gasteiger partial charge in [0.2, 0.25) is 6.41 Å². The predicted molar refractivity (Wildman–Crippen MR) is 67.4 cm³/mol. The van der Waals surface area contributed by atoms with E-state index in [1.807, 2.05) is 10.9 Å². The molecule has 2 rings (SSSR count). The van der Waals surface area contributed by atoms with Crippen molar-refractivity contribution < 1.29 is 4.79 Å². The Bertz CT molecular complexity index is 557. The summed E-state index contributed by atoms with van der Waals surface area (Å²) >= 11 is 0. The standard InChI is InChI=1S/C13H15N3O/c1-10-3-4-13-12(7-10)8-15-16(13)6-5-11(2)14-9-17/h3-4,7-9H,2,5-6H2,1H3,(H,14,17). The highest BCUT2D eigenvalue weighted by Gasteiger charge is 2.02. The van der Waals surface area contributed by atoms with Crippen molar-refractivity contribution >= 4 is 17.3 Å². The third-order valence-corrected chi connectivity index (χ3v) is 2.69. The van der Waals surface area contributed by atoms with E-state index >= 15 is 0 Å². The van der Waals surface area contributed by atoms with E-state index in [1.54, 1.807) is 0 Å². The van der Waals surface area contributed by atoms with E-state index < -0.39 is 0 Å². The molecule has 1 aromatic heterocycles. The van der Waals surface area contributed by atoms with Gasteiger partial charge in [0, 0.05) is 24.0 Å². The van der Waals surface area contributed by atoms with E-state index in [-0.39, 0.29) is 0 Å². The average Bonchev–Trinajstić information content (AvgIpc) is 2.69. The topological polar surface area (TPSA) is 46.9 Å². The molecule has 1 amide bonds. The molecule has 0 fully saturated rings. The normalized spacial score (nSPS) is 10.4. The molecule has 0 spiro atoms. The molecule has 0 atom stereocenters. The van der Waals surface area contributed by atoms with Crippen LogP contribution in [-0.4, -0.2) is 16.2 Å². The van der Waals surface area contributed by atoms with Gasteiger partial charge in [-0.3, -0.25) is 9.48 Å². The molecule has 0 aliphatic carbocycles. The Labute approximate surface area is 99.9 Å². The second kappa shape index (κ2) is 4.82. The van der Waals surface area contributed by atoms with Gasteiger partial charge in [0.25, 0.3) is 0 Å². The molecule has 0 unspecified atom stereocenters. The highest BCUT2D eigenvalue weighted by molar-refractivity contribution is 5.79. The lowest BCUT2D eigenvalue weighted by Gasteiger charge is -2.05. The van der Waals surface area contributed by atoms with Gasteiger partial charge in [-0.05, 0) is 19.1 Å². The van der Waals surface area contributed by atoms with Crippen LogP contribution in [0.4, 0.5) is 0 Å². The summed E-state index contributed by atoms with van der Waals surface area (Å²) < 4.78 is 1.92. The van der Waals surface area contributed by atoms with Crippen LogP contribution in [0.1, 0.15) is 12.0 Å². The Balaban J connectivity index is 2.14. The lowest BCUT2D eigenvalue weighted by atomic mass is 10.2. The highest BCUT2D eigenvalue weighted by atomic mass is 16.1. The number of hydrogen-bond acceptors (Lipinski definition) is 2. The Morgan fingerprint density at radius 3 is 3.18 bits per heavy atom. The Morgan fingerprint density at radius 2 is 2.41 bits per heavy atom. The molecule has 0 aliphatic rings. The molecular formula is C13H15N3O. The zero-order valence-corrected chi connectivity index (χ0v) is 9.81. The first kappa shape index (κ1) is 11.4. The number of rotatable bonds is 5. The van der Waals surface area contributed by atoms with Crippen molar-refractivity contribution in [3.63, 3.8) is 0 Å². The average molecular weight is 229 g/mol. The quantitative estimate of drug-likeness (QED) is 0.797. The van der Waals surface area contributed by atoms with Crippen LogP contribution in [0.25, 0.3) is 10.9 Å². The summed E-state index contributed by atoms with van der Waals surface area (Å²) in [4.78, 5) is 10.2. The van der Waals surface area contributed by atoms with Crippen molar-refractivity contribution in [1.29, 1.82) is 0 Å². The van der Waals surface area contributed by atoms with Gasteiger partial charge >= 0.3 is 0 Å². The van der Waals surface area contributed by atoms with Crippen molar-refractivity contribution in [2.45, 2.75) is 19.9 Å². The largest absolute Gasteiger partial charge is 0.333 e. The van der Waals surface area contributed by atoms with Crippen LogP contribution < -0.4 is 5.32 Å². The lowest BCUT2D eigenvalue weighted by molar-refractivity contribution is -0.108. The number of fused-ring (bicyclic) bond motifs is 1. The maximum atomic E-state index is 10.2. The molecule has 0 saturated carbocycles. The van der Waals surface area contributed by atoms with Crippen LogP contribution in [0.15, 0.2) is 36.7 Å². The first-order chi connectivity index (χ1) is 8.20. The van der Waals surface area contributed by atoms with Crippen LogP contribution in [0.2, 0.25) is 0 Å². The summed E-state index contributed by atoms with van der Waals surface area (Å²) in [5.41, 5.74) is 3.04. The summed E-state index contributed by atoms with van der Waals surface area (Å²) in [7, 11) is 0. The van der Waals surface area contributed by atoms with Crippen LogP contribution in [-0.2, 0) is 11.3 Å². The number of amides is 1. The minimum absolute atomic E-state index is 0.646. The lowest BCUT2D eigenvalue weighted by Crippen LogP contribution is -2.11. The van der Waals surface area contributed by atoms with Crippen molar-refractivity contribution in [3.05, 3.63) is 42.2 Å². The summed E-state index contributed by atoms with van der Waals surface area (Å²) in [6.45, 7) is 6.53. The molecule has 0 bridgehead atoms. The molecule has 0 radical (unpaired) electrons. The smallest absolute Gasteiger partial charge is 0.211 e.